The largest absolute Gasteiger partial charge is 0.455 e. The van der Waals surface area contributed by atoms with Gasteiger partial charge in [-0.1, -0.05) is 50.1 Å². The number of para-hydroxylation sites is 2. The first-order chi connectivity index (χ1) is 9.85. The van der Waals surface area contributed by atoms with Crippen LogP contribution in [0.1, 0.15) is 31.7 Å². The van der Waals surface area contributed by atoms with E-state index in [0.29, 0.717) is 0 Å². The Morgan fingerprint density at radius 3 is 2.50 bits per heavy atom. The minimum atomic E-state index is 0.778. The zero-order valence-corrected chi connectivity index (χ0v) is 12.0. The molecule has 0 atom stereocenters. The standard InChI is InChI=1S/C18H21NO/c1-3-4-6-10-15-11-9-14-17(18(15)19-2)20-16-12-7-5-8-13-16/h5,7-9,11-14H,2-4,6,10H2,1H3. The van der Waals surface area contributed by atoms with Gasteiger partial charge in [-0.25, -0.2) is 0 Å². The van der Waals surface area contributed by atoms with Gasteiger partial charge in [-0.05, 0) is 43.3 Å². The van der Waals surface area contributed by atoms with E-state index in [1.807, 2.05) is 42.5 Å². The number of hydrogen-bond donors (Lipinski definition) is 0. The first kappa shape index (κ1) is 14.3. The number of hydrogen-bond acceptors (Lipinski definition) is 2. The van der Waals surface area contributed by atoms with Crippen LogP contribution in [-0.4, -0.2) is 6.72 Å². The van der Waals surface area contributed by atoms with E-state index in [0.717, 1.165) is 23.6 Å². The molecule has 0 fully saturated rings. The van der Waals surface area contributed by atoms with Crippen molar-refractivity contribution in [3.05, 3.63) is 54.1 Å². The van der Waals surface area contributed by atoms with Gasteiger partial charge in [0.1, 0.15) is 11.4 Å². The van der Waals surface area contributed by atoms with Crippen LogP contribution < -0.4 is 4.74 Å². The fraction of sp³-hybridized carbons (Fsp3) is 0.278. The van der Waals surface area contributed by atoms with Crippen molar-refractivity contribution in [2.75, 3.05) is 0 Å². The predicted octanol–water partition coefficient (Wildman–Crippen LogP) is 5.54. The van der Waals surface area contributed by atoms with Crippen molar-refractivity contribution >= 4 is 12.4 Å². The fourth-order valence-electron chi connectivity index (χ4n) is 2.21. The van der Waals surface area contributed by atoms with Crippen molar-refractivity contribution in [2.24, 2.45) is 4.99 Å². The van der Waals surface area contributed by atoms with E-state index < -0.39 is 0 Å². The number of rotatable bonds is 7. The van der Waals surface area contributed by atoms with Crippen LogP contribution in [0.4, 0.5) is 5.69 Å². The Morgan fingerprint density at radius 1 is 1.00 bits per heavy atom. The van der Waals surface area contributed by atoms with Gasteiger partial charge in [0.15, 0.2) is 5.75 Å². The summed E-state index contributed by atoms with van der Waals surface area (Å²) in [7, 11) is 0. The molecule has 20 heavy (non-hydrogen) atoms. The van der Waals surface area contributed by atoms with E-state index in [-0.39, 0.29) is 0 Å². The third kappa shape index (κ3) is 3.70. The van der Waals surface area contributed by atoms with Gasteiger partial charge in [0.05, 0.1) is 0 Å². The van der Waals surface area contributed by atoms with Crippen molar-refractivity contribution in [3.8, 4) is 11.5 Å². The summed E-state index contributed by atoms with van der Waals surface area (Å²) in [6.45, 7) is 5.90. The Hall–Kier alpha value is -2.09. The Labute approximate surface area is 121 Å². The van der Waals surface area contributed by atoms with E-state index in [1.165, 1.54) is 24.8 Å². The maximum Gasteiger partial charge on any atom is 0.153 e. The lowest BCUT2D eigenvalue weighted by atomic mass is 10.0. The second-order valence-electron chi connectivity index (χ2n) is 4.79. The molecule has 2 heteroatoms. The summed E-state index contributed by atoms with van der Waals surface area (Å²) in [6, 6.07) is 15.9. The van der Waals surface area contributed by atoms with Crippen LogP contribution in [-0.2, 0) is 6.42 Å². The van der Waals surface area contributed by atoms with Gasteiger partial charge in [0.2, 0.25) is 0 Å². The Morgan fingerprint density at radius 2 is 1.80 bits per heavy atom. The average Bonchev–Trinajstić information content (AvgIpc) is 2.49. The molecule has 2 aromatic rings. The molecule has 0 saturated carbocycles. The first-order valence-corrected chi connectivity index (χ1v) is 7.16. The molecule has 2 nitrogen and oxygen atoms in total. The zero-order chi connectivity index (χ0) is 14.2. The normalized spacial score (nSPS) is 10.2. The highest BCUT2D eigenvalue weighted by atomic mass is 16.5. The van der Waals surface area contributed by atoms with Crippen LogP contribution in [0.2, 0.25) is 0 Å². The molecular weight excluding hydrogens is 246 g/mol. The monoisotopic (exact) mass is 267 g/mol. The van der Waals surface area contributed by atoms with E-state index in [2.05, 4.69) is 24.7 Å². The minimum Gasteiger partial charge on any atom is -0.455 e. The maximum atomic E-state index is 5.91. The van der Waals surface area contributed by atoms with E-state index in [1.54, 1.807) is 0 Å². The van der Waals surface area contributed by atoms with E-state index in [9.17, 15) is 0 Å². The molecule has 0 aliphatic carbocycles. The molecule has 0 spiro atoms. The summed E-state index contributed by atoms with van der Waals surface area (Å²) in [4.78, 5) is 4.17. The molecule has 0 heterocycles. The van der Waals surface area contributed by atoms with Crippen LogP contribution in [0.25, 0.3) is 0 Å². The van der Waals surface area contributed by atoms with Gasteiger partial charge in [0.25, 0.3) is 0 Å². The van der Waals surface area contributed by atoms with Crippen LogP contribution in [0.3, 0.4) is 0 Å². The molecule has 0 aliphatic rings. The minimum absolute atomic E-state index is 0.778. The van der Waals surface area contributed by atoms with Crippen molar-refractivity contribution in [1.29, 1.82) is 0 Å². The summed E-state index contributed by atoms with van der Waals surface area (Å²) in [5.74, 6) is 1.60. The first-order valence-electron chi connectivity index (χ1n) is 7.16. The number of unbranched alkanes of at least 4 members (excludes halogenated alkanes) is 2. The van der Waals surface area contributed by atoms with E-state index in [4.69, 9.17) is 4.74 Å². The van der Waals surface area contributed by atoms with Crippen molar-refractivity contribution in [1.82, 2.24) is 0 Å². The van der Waals surface area contributed by atoms with Crippen LogP contribution in [0.15, 0.2) is 53.5 Å². The third-order valence-electron chi connectivity index (χ3n) is 3.26. The summed E-state index contributed by atoms with van der Waals surface area (Å²) >= 11 is 0. The Kier molecular flexibility index (Phi) is 5.36. The van der Waals surface area contributed by atoms with Gasteiger partial charge in [-0.2, -0.15) is 0 Å². The van der Waals surface area contributed by atoms with Crippen LogP contribution in [0, 0.1) is 0 Å². The zero-order valence-electron chi connectivity index (χ0n) is 12.0. The van der Waals surface area contributed by atoms with Gasteiger partial charge in [-0.3, -0.25) is 4.99 Å². The van der Waals surface area contributed by atoms with Gasteiger partial charge in [0, 0.05) is 0 Å². The number of aryl methyl sites for hydroxylation is 1. The lowest BCUT2D eigenvalue weighted by Crippen LogP contribution is -1.90. The van der Waals surface area contributed by atoms with Crippen LogP contribution in [0.5, 0.6) is 11.5 Å². The number of aliphatic imine (C=N–C) groups is 1. The lowest BCUT2D eigenvalue weighted by molar-refractivity contribution is 0.483. The topological polar surface area (TPSA) is 21.6 Å². The molecule has 0 aromatic heterocycles. The molecule has 0 bridgehead atoms. The number of nitrogens with zero attached hydrogens (tertiary/aromatic N) is 1. The summed E-state index contributed by atoms with van der Waals surface area (Å²) in [5, 5.41) is 0. The quantitative estimate of drug-likeness (QED) is 0.476. The smallest absolute Gasteiger partial charge is 0.153 e. The SMILES string of the molecule is C=Nc1c(CCCCC)cccc1Oc1ccccc1. The van der Waals surface area contributed by atoms with Crippen molar-refractivity contribution in [3.63, 3.8) is 0 Å². The maximum absolute atomic E-state index is 5.91. The lowest BCUT2D eigenvalue weighted by Gasteiger charge is -2.12. The molecule has 104 valence electrons. The van der Waals surface area contributed by atoms with Crippen molar-refractivity contribution in [2.45, 2.75) is 32.6 Å². The molecule has 2 rings (SSSR count). The summed E-state index contributed by atoms with van der Waals surface area (Å²) in [6.07, 6.45) is 4.65. The molecular formula is C18H21NO. The van der Waals surface area contributed by atoms with Gasteiger partial charge >= 0.3 is 0 Å². The highest BCUT2D eigenvalue weighted by Crippen LogP contribution is 2.35. The molecule has 0 unspecified atom stereocenters. The second kappa shape index (κ2) is 7.49. The highest BCUT2D eigenvalue weighted by molar-refractivity contribution is 5.62. The number of benzene rings is 2. The molecule has 0 amide bonds. The predicted molar refractivity (Wildman–Crippen MR) is 85.4 cm³/mol. The van der Waals surface area contributed by atoms with Crippen molar-refractivity contribution < 1.29 is 4.74 Å². The highest BCUT2D eigenvalue weighted by Gasteiger charge is 2.08. The third-order valence-corrected chi connectivity index (χ3v) is 3.26. The molecule has 2 aromatic carbocycles. The summed E-state index contributed by atoms with van der Waals surface area (Å²) in [5.41, 5.74) is 2.08. The van der Waals surface area contributed by atoms with Crippen LogP contribution >= 0.6 is 0 Å². The second-order valence-corrected chi connectivity index (χ2v) is 4.79. The van der Waals surface area contributed by atoms with Gasteiger partial charge in [-0.15, -0.1) is 0 Å². The molecule has 0 aliphatic heterocycles. The molecule has 0 N–H and O–H groups in total. The summed E-state index contributed by atoms with van der Waals surface area (Å²) < 4.78 is 5.91. The Balaban J connectivity index is 2.20. The van der Waals surface area contributed by atoms with E-state index >= 15 is 0 Å². The van der Waals surface area contributed by atoms with Gasteiger partial charge < -0.3 is 4.74 Å². The number of ether oxygens (including phenoxy) is 1. The molecule has 0 saturated heterocycles. The Bertz CT molecular complexity index is 549. The fourth-order valence-corrected chi connectivity index (χ4v) is 2.21. The molecule has 0 radical (unpaired) electrons. The average molecular weight is 267 g/mol.